The second-order valence-corrected chi connectivity index (χ2v) is 11.9. The molecule has 0 bridgehead atoms. The molecule has 2 rings (SSSR count). The molecule has 0 heterocycles. The second-order valence-electron chi connectivity index (χ2n) is 9.28. The summed E-state index contributed by atoms with van der Waals surface area (Å²) >= 11 is 0. The van der Waals surface area contributed by atoms with E-state index < -0.39 is 14.6 Å². The number of hydrogen-bond acceptors (Lipinski definition) is 2. The highest BCUT2D eigenvalue weighted by Crippen LogP contribution is 2.53. The molecule has 2 nitrogen and oxygen atoms in total. The normalized spacial score (nSPS) is 30.3. The molecule has 0 atom stereocenters. The summed E-state index contributed by atoms with van der Waals surface area (Å²) in [6, 6.07) is 0. The molecule has 2 aliphatic rings. The maximum atomic E-state index is 13.0. The van der Waals surface area contributed by atoms with Gasteiger partial charge in [-0.1, -0.05) is 58.8 Å². The third-order valence-corrected chi connectivity index (χ3v) is 10.3. The predicted molar refractivity (Wildman–Crippen MR) is 109 cm³/mol. The van der Waals surface area contributed by atoms with Crippen LogP contribution in [0.5, 0.6) is 0 Å². The zero-order chi connectivity index (χ0) is 18.4. The molecule has 0 unspecified atom stereocenters. The Morgan fingerprint density at radius 2 is 1.48 bits per heavy atom. The molecule has 0 N–H and O–H groups in total. The first kappa shape index (κ1) is 21.3. The molecule has 0 aromatic rings. The van der Waals surface area contributed by atoms with Gasteiger partial charge in [0.05, 0.1) is 10.5 Å². The molecule has 2 aliphatic carbocycles. The number of sulfone groups is 1. The molecule has 0 aliphatic heterocycles. The van der Waals surface area contributed by atoms with Crippen molar-refractivity contribution in [1.29, 1.82) is 0 Å². The third-order valence-electron chi connectivity index (χ3n) is 7.52. The van der Waals surface area contributed by atoms with Crippen LogP contribution in [0, 0.1) is 11.3 Å². The van der Waals surface area contributed by atoms with Crippen molar-refractivity contribution < 1.29 is 8.42 Å². The Kier molecular flexibility index (Phi) is 7.85. The van der Waals surface area contributed by atoms with E-state index in [0.29, 0.717) is 11.2 Å². The van der Waals surface area contributed by atoms with E-state index in [9.17, 15) is 8.42 Å². The zero-order valence-corrected chi connectivity index (χ0v) is 17.9. The van der Waals surface area contributed by atoms with Gasteiger partial charge in [0.1, 0.15) is 0 Å². The lowest BCUT2D eigenvalue weighted by molar-refractivity contribution is 0.0504. The van der Waals surface area contributed by atoms with Crippen molar-refractivity contribution in [3.8, 4) is 0 Å². The lowest BCUT2D eigenvalue weighted by Gasteiger charge is -2.48. The number of unbranched alkanes of at least 4 members (excludes halogenated alkanes) is 3. The predicted octanol–water partition coefficient (Wildman–Crippen LogP) is 6.68. The van der Waals surface area contributed by atoms with E-state index in [1.54, 1.807) is 0 Å². The summed E-state index contributed by atoms with van der Waals surface area (Å²) < 4.78 is 25.5. The smallest absolute Gasteiger partial charge is 0.155 e. The minimum absolute atomic E-state index is 0.411. The lowest BCUT2D eigenvalue weighted by Crippen LogP contribution is -2.44. The lowest BCUT2D eigenvalue weighted by atomic mass is 9.59. The van der Waals surface area contributed by atoms with E-state index in [2.05, 4.69) is 13.8 Å². The quantitative estimate of drug-likeness (QED) is 0.424. The van der Waals surface area contributed by atoms with Crippen LogP contribution in [0.4, 0.5) is 0 Å². The van der Waals surface area contributed by atoms with Gasteiger partial charge in [0.2, 0.25) is 0 Å². The molecule has 0 aromatic heterocycles. The fraction of sp³-hybridized carbons (Fsp3) is 1.00. The van der Waals surface area contributed by atoms with Crippen molar-refractivity contribution in [2.24, 2.45) is 11.3 Å². The average Bonchev–Trinajstić information content (AvgIpc) is 2.60. The molecule has 0 saturated heterocycles. The highest BCUT2D eigenvalue weighted by atomic mass is 32.2. The summed E-state index contributed by atoms with van der Waals surface area (Å²) in [5.74, 6) is 1.19. The summed E-state index contributed by atoms with van der Waals surface area (Å²) in [5.41, 5.74) is 0.541. The van der Waals surface area contributed by atoms with Crippen LogP contribution in [0.15, 0.2) is 0 Å². The van der Waals surface area contributed by atoms with Gasteiger partial charge in [-0.15, -0.1) is 0 Å². The van der Waals surface area contributed by atoms with E-state index in [4.69, 9.17) is 0 Å². The Bertz CT molecular complexity index is 475. The SMILES string of the molecule is CCCCCCS(=O)(=O)C1(C)CCC(C2(CCC)CCCCC2)CC1. The second kappa shape index (κ2) is 9.24. The van der Waals surface area contributed by atoms with Crippen molar-refractivity contribution in [2.75, 3.05) is 5.75 Å². The van der Waals surface area contributed by atoms with E-state index >= 15 is 0 Å². The molecule has 2 saturated carbocycles. The van der Waals surface area contributed by atoms with Crippen LogP contribution in [-0.4, -0.2) is 18.9 Å². The van der Waals surface area contributed by atoms with Crippen molar-refractivity contribution in [2.45, 2.75) is 122 Å². The van der Waals surface area contributed by atoms with Gasteiger partial charge in [0.25, 0.3) is 0 Å². The summed E-state index contributed by atoms with van der Waals surface area (Å²) in [6.07, 6.45) is 18.0. The van der Waals surface area contributed by atoms with Crippen LogP contribution in [0.2, 0.25) is 0 Å². The van der Waals surface area contributed by atoms with Gasteiger partial charge in [-0.2, -0.15) is 0 Å². The Morgan fingerprint density at radius 3 is 2.04 bits per heavy atom. The highest BCUT2D eigenvalue weighted by molar-refractivity contribution is 7.92. The van der Waals surface area contributed by atoms with Gasteiger partial charge in [0.15, 0.2) is 9.84 Å². The summed E-state index contributed by atoms with van der Waals surface area (Å²) in [6.45, 7) is 6.55. The number of hydrogen-bond donors (Lipinski definition) is 0. The fourth-order valence-electron chi connectivity index (χ4n) is 5.73. The third kappa shape index (κ3) is 5.02. The van der Waals surface area contributed by atoms with Crippen LogP contribution in [0.25, 0.3) is 0 Å². The van der Waals surface area contributed by atoms with Crippen molar-refractivity contribution in [1.82, 2.24) is 0 Å². The molecule has 25 heavy (non-hydrogen) atoms. The Morgan fingerprint density at radius 1 is 0.840 bits per heavy atom. The first-order valence-electron chi connectivity index (χ1n) is 11.1. The largest absolute Gasteiger partial charge is 0.228 e. The molecule has 2 fully saturated rings. The van der Waals surface area contributed by atoms with Crippen LogP contribution in [0.3, 0.4) is 0 Å². The summed E-state index contributed by atoms with van der Waals surface area (Å²) in [7, 11) is -2.95. The first-order chi connectivity index (χ1) is 11.9. The maximum Gasteiger partial charge on any atom is 0.155 e. The summed E-state index contributed by atoms with van der Waals surface area (Å²) in [4.78, 5) is 0. The van der Waals surface area contributed by atoms with Gasteiger partial charge >= 0.3 is 0 Å². The van der Waals surface area contributed by atoms with Crippen molar-refractivity contribution >= 4 is 9.84 Å². The average molecular weight is 371 g/mol. The van der Waals surface area contributed by atoms with Crippen LogP contribution >= 0.6 is 0 Å². The van der Waals surface area contributed by atoms with Gasteiger partial charge in [-0.25, -0.2) is 8.42 Å². The molecule has 0 spiro atoms. The van der Waals surface area contributed by atoms with E-state index in [1.165, 1.54) is 51.4 Å². The molecule has 148 valence electrons. The standard InChI is InChI=1S/C22H42O2S/c1-4-6-7-11-19-25(23,24)21(3)17-12-20(13-18-21)22(14-5-2)15-9-8-10-16-22/h20H,4-19H2,1-3H3. The van der Waals surface area contributed by atoms with Crippen molar-refractivity contribution in [3.05, 3.63) is 0 Å². The maximum absolute atomic E-state index is 13.0. The minimum Gasteiger partial charge on any atom is -0.228 e. The van der Waals surface area contributed by atoms with Crippen LogP contribution in [-0.2, 0) is 9.84 Å². The molecular weight excluding hydrogens is 328 g/mol. The zero-order valence-electron chi connectivity index (χ0n) is 17.1. The molecule has 3 heteroatoms. The molecular formula is C22H42O2S. The fourth-order valence-corrected chi connectivity index (χ4v) is 7.67. The molecule has 0 amide bonds. The molecule has 0 aromatic carbocycles. The Hall–Kier alpha value is -0.0500. The van der Waals surface area contributed by atoms with Gasteiger partial charge in [-0.05, 0) is 69.6 Å². The van der Waals surface area contributed by atoms with Gasteiger partial charge < -0.3 is 0 Å². The topological polar surface area (TPSA) is 34.1 Å². The Balaban J connectivity index is 1.96. The van der Waals surface area contributed by atoms with Gasteiger partial charge in [-0.3, -0.25) is 0 Å². The molecule has 0 radical (unpaired) electrons. The summed E-state index contributed by atoms with van der Waals surface area (Å²) in [5, 5.41) is 0. The minimum atomic E-state index is -2.95. The monoisotopic (exact) mass is 370 g/mol. The van der Waals surface area contributed by atoms with Crippen LogP contribution < -0.4 is 0 Å². The van der Waals surface area contributed by atoms with Gasteiger partial charge in [0, 0.05) is 0 Å². The highest BCUT2D eigenvalue weighted by Gasteiger charge is 2.47. The van der Waals surface area contributed by atoms with E-state index in [-0.39, 0.29) is 0 Å². The van der Waals surface area contributed by atoms with E-state index in [0.717, 1.165) is 50.9 Å². The van der Waals surface area contributed by atoms with Crippen LogP contribution in [0.1, 0.15) is 117 Å². The first-order valence-corrected chi connectivity index (χ1v) is 12.8. The van der Waals surface area contributed by atoms with Crippen molar-refractivity contribution in [3.63, 3.8) is 0 Å². The van der Waals surface area contributed by atoms with E-state index in [1.807, 2.05) is 6.92 Å². The Labute approximate surface area is 157 Å². The number of rotatable bonds is 9.